The van der Waals surface area contributed by atoms with Crippen molar-refractivity contribution >= 4 is 5.91 Å². The summed E-state index contributed by atoms with van der Waals surface area (Å²) in [4.78, 5) is 16.0. The molecule has 2 atom stereocenters. The molecule has 94 valence electrons. The molecule has 1 rings (SSSR count). The Morgan fingerprint density at radius 2 is 1.94 bits per heavy atom. The summed E-state index contributed by atoms with van der Waals surface area (Å²) >= 11 is 0. The number of carbonyl (C=O) groups excluding carboxylic acids is 1. The number of piperidine rings is 1. The lowest BCUT2D eigenvalue weighted by atomic mass is 9.92. The minimum atomic E-state index is 0.245. The highest BCUT2D eigenvalue weighted by atomic mass is 16.2. The van der Waals surface area contributed by atoms with Crippen LogP contribution in [0.15, 0.2) is 0 Å². The Bertz CT molecular complexity index is 222. The van der Waals surface area contributed by atoms with Crippen molar-refractivity contribution in [2.24, 2.45) is 17.6 Å². The molecule has 0 aliphatic carbocycles. The molecular weight excluding hydrogens is 202 g/mol. The van der Waals surface area contributed by atoms with Crippen LogP contribution in [0, 0.1) is 11.8 Å². The molecule has 0 aromatic rings. The minimum Gasteiger partial charge on any atom is -0.341 e. The van der Waals surface area contributed by atoms with Gasteiger partial charge in [-0.3, -0.25) is 9.69 Å². The van der Waals surface area contributed by atoms with Gasteiger partial charge in [-0.1, -0.05) is 13.8 Å². The van der Waals surface area contributed by atoms with Gasteiger partial charge in [0.1, 0.15) is 0 Å². The van der Waals surface area contributed by atoms with Crippen molar-refractivity contribution in [2.75, 3.05) is 39.8 Å². The van der Waals surface area contributed by atoms with E-state index in [4.69, 9.17) is 5.73 Å². The predicted octanol–water partition coefficient (Wildman–Crippen LogP) is 0.381. The van der Waals surface area contributed by atoms with Gasteiger partial charge in [0, 0.05) is 26.2 Å². The van der Waals surface area contributed by atoms with Crippen LogP contribution in [0.4, 0.5) is 0 Å². The molecule has 1 aliphatic rings. The van der Waals surface area contributed by atoms with Gasteiger partial charge in [0.05, 0.1) is 6.54 Å². The number of nitrogens with two attached hydrogens (primary N) is 1. The maximum Gasteiger partial charge on any atom is 0.236 e. The Morgan fingerprint density at radius 1 is 1.38 bits per heavy atom. The van der Waals surface area contributed by atoms with Gasteiger partial charge in [-0.15, -0.1) is 0 Å². The summed E-state index contributed by atoms with van der Waals surface area (Å²) in [7, 11) is 1.95. The Labute approximate surface area is 98.8 Å². The summed E-state index contributed by atoms with van der Waals surface area (Å²) in [6.45, 7) is 8.16. The monoisotopic (exact) mass is 227 g/mol. The van der Waals surface area contributed by atoms with E-state index in [1.165, 1.54) is 6.42 Å². The summed E-state index contributed by atoms with van der Waals surface area (Å²) in [5.74, 6) is 1.51. The zero-order valence-corrected chi connectivity index (χ0v) is 10.8. The summed E-state index contributed by atoms with van der Waals surface area (Å²) in [6.07, 6.45) is 1.24. The van der Waals surface area contributed by atoms with Crippen LogP contribution >= 0.6 is 0 Å². The predicted molar refractivity (Wildman–Crippen MR) is 66.1 cm³/mol. The van der Waals surface area contributed by atoms with E-state index < -0.39 is 0 Å². The summed E-state index contributed by atoms with van der Waals surface area (Å²) < 4.78 is 0. The van der Waals surface area contributed by atoms with Crippen LogP contribution in [0.1, 0.15) is 20.3 Å². The average Bonchev–Trinajstić information content (AvgIpc) is 2.16. The fourth-order valence-electron chi connectivity index (χ4n) is 2.50. The molecule has 2 unspecified atom stereocenters. The molecule has 16 heavy (non-hydrogen) atoms. The molecule has 1 heterocycles. The topological polar surface area (TPSA) is 49.6 Å². The first-order chi connectivity index (χ1) is 7.52. The number of likely N-dealkylation sites (N-methyl/N-ethyl adjacent to an activating group) is 1. The first kappa shape index (κ1) is 13.5. The van der Waals surface area contributed by atoms with Gasteiger partial charge in [-0.25, -0.2) is 0 Å². The standard InChI is InChI=1S/C12H25N3O/c1-10-6-11(2)8-15(7-10)12(16)9-14(3)5-4-13/h10-11H,4-9,13H2,1-3H3. The largest absolute Gasteiger partial charge is 0.341 e. The van der Waals surface area contributed by atoms with Crippen LogP contribution in [0.25, 0.3) is 0 Å². The number of rotatable bonds is 4. The third kappa shape index (κ3) is 4.10. The molecule has 0 aromatic carbocycles. The number of nitrogens with zero attached hydrogens (tertiary/aromatic N) is 2. The van der Waals surface area contributed by atoms with Crippen molar-refractivity contribution in [3.63, 3.8) is 0 Å². The van der Waals surface area contributed by atoms with E-state index in [1.54, 1.807) is 0 Å². The van der Waals surface area contributed by atoms with Crippen molar-refractivity contribution in [1.82, 2.24) is 9.80 Å². The van der Waals surface area contributed by atoms with E-state index >= 15 is 0 Å². The number of hydrogen-bond acceptors (Lipinski definition) is 3. The lowest BCUT2D eigenvalue weighted by Gasteiger charge is -2.35. The van der Waals surface area contributed by atoms with E-state index in [2.05, 4.69) is 13.8 Å². The number of carbonyl (C=O) groups is 1. The molecule has 4 nitrogen and oxygen atoms in total. The van der Waals surface area contributed by atoms with Crippen LogP contribution in [-0.2, 0) is 4.79 Å². The Kier molecular flexibility index (Phi) is 5.22. The van der Waals surface area contributed by atoms with Crippen molar-refractivity contribution in [2.45, 2.75) is 20.3 Å². The summed E-state index contributed by atoms with van der Waals surface area (Å²) in [6, 6.07) is 0. The van der Waals surface area contributed by atoms with Gasteiger partial charge in [0.25, 0.3) is 0 Å². The minimum absolute atomic E-state index is 0.245. The fourth-order valence-corrected chi connectivity index (χ4v) is 2.50. The molecule has 4 heteroatoms. The van der Waals surface area contributed by atoms with Crippen molar-refractivity contribution in [1.29, 1.82) is 0 Å². The highest BCUT2D eigenvalue weighted by molar-refractivity contribution is 5.78. The first-order valence-electron chi connectivity index (χ1n) is 6.19. The van der Waals surface area contributed by atoms with E-state index in [-0.39, 0.29) is 5.91 Å². The molecule has 2 N–H and O–H groups in total. The van der Waals surface area contributed by atoms with Crippen LogP contribution in [-0.4, -0.2) is 55.5 Å². The Balaban J connectivity index is 2.40. The first-order valence-corrected chi connectivity index (χ1v) is 6.19. The smallest absolute Gasteiger partial charge is 0.236 e. The van der Waals surface area contributed by atoms with Gasteiger partial charge < -0.3 is 10.6 Å². The van der Waals surface area contributed by atoms with Gasteiger partial charge >= 0.3 is 0 Å². The van der Waals surface area contributed by atoms with Crippen molar-refractivity contribution in [3.05, 3.63) is 0 Å². The van der Waals surface area contributed by atoms with Crippen molar-refractivity contribution in [3.8, 4) is 0 Å². The maximum atomic E-state index is 12.0. The molecule has 0 aromatic heterocycles. The zero-order valence-electron chi connectivity index (χ0n) is 10.8. The molecule has 1 saturated heterocycles. The third-order valence-corrected chi connectivity index (χ3v) is 3.14. The number of likely N-dealkylation sites (tertiary alicyclic amines) is 1. The lowest BCUT2D eigenvalue weighted by molar-refractivity contribution is -0.134. The normalized spacial score (nSPS) is 26.2. The maximum absolute atomic E-state index is 12.0. The average molecular weight is 227 g/mol. The summed E-state index contributed by atoms with van der Waals surface area (Å²) in [5, 5.41) is 0. The quantitative estimate of drug-likeness (QED) is 0.755. The van der Waals surface area contributed by atoms with Crippen LogP contribution in [0.2, 0.25) is 0 Å². The molecule has 0 radical (unpaired) electrons. The molecule has 0 saturated carbocycles. The molecule has 1 aliphatic heterocycles. The second-order valence-electron chi connectivity index (χ2n) is 5.27. The second kappa shape index (κ2) is 6.21. The zero-order chi connectivity index (χ0) is 12.1. The van der Waals surface area contributed by atoms with E-state index in [9.17, 15) is 4.79 Å². The molecule has 1 amide bonds. The Hall–Kier alpha value is -0.610. The van der Waals surface area contributed by atoms with E-state index in [0.717, 1.165) is 19.6 Å². The highest BCUT2D eigenvalue weighted by Crippen LogP contribution is 2.20. The Morgan fingerprint density at radius 3 is 2.44 bits per heavy atom. The summed E-state index contributed by atoms with van der Waals surface area (Å²) in [5.41, 5.74) is 5.46. The van der Waals surface area contributed by atoms with E-state index in [1.807, 2.05) is 16.8 Å². The highest BCUT2D eigenvalue weighted by Gasteiger charge is 2.25. The molecule has 0 bridgehead atoms. The fraction of sp³-hybridized carbons (Fsp3) is 0.917. The third-order valence-electron chi connectivity index (χ3n) is 3.14. The van der Waals surface area contributed by atoms with Crippen molar-refractivity contribution < 1.29 is 4.79 Å². The molecule has 1 fully saturated rings. The number of amides is 1. The SMILES string of the molecule is CC1CC(C)CN(C(=O)CN(C)CCN)C1. The van der Waals surface area contributed by atoms with E-state index in [0.29, 0.717) is 24.9 Å². The van der Waals surface area contributed by atoms with Crippen LogP contribution in [0.5, 0.6) is 0 Å². The van der Waals surface area contributed by atoms with Crippen LogP contribution < -0.4 is 5.73 Å². The van der Waals surface area contributed by atoms with Gasteiger partial charge in [0.15, 0.2) is 0 Å². The molecule has 0 spiro atoms. The molecular formula is C12H25N3O. The van der Waals surface area contributed by atoms with Gasteiger partial charge in [0.2, 0.25) is 5.91 Å². The van der Waals surface area contributed by atoms with Gasteiger partial charge in [-0.2, -0.15) is 0 Å². The number of hydrogen-bond donors (Lipinski definition) is 1. The second-order valence-corrected chi connectivity index (χ2v) is 5.27. The van der Waals surface area contributed by atoms with Crippen LogP contribution in [0.3, 0.4) is 0 Å². The lowest BCUT2D eigenvalue weighted by Crippen LogP contribution is -2.46. The van der Waals surface area contributed by atoms with Gasteiger partial charge in [-0.05, 0) is 25.3 Å².